The van der Waals surface area contributed by atoms with E-state index < -0.39 is 5.41 Å². The van der Waals surface area contributed by atoms with Crippen LogP contribution in [0, 0.1) is 0 Å². The van der Waals surface area contributed by atoms with Crippen LogP contribution in [0.3, 0.4) is 0 Å². The van der Waals surface area contributed by atoms with Crippen molar-refractivity contribution in [1.82, 2.24) is 0 Å². The van der Waals surface area contributed by atoms with Gasteiger partial charge in [-0.15, -0.1) is 0 Å². The number of benzene rings is 10. The lowest BCUT2D eigenvalue weighted by Gasteiger charge is -2.33. The molecule has 1 atom stereocenters. The zero-order valence-electron chi connectivity index (χ0n) is 40.9. The van der Waals surface area contributed by atoms with Crippen LogP contribution in [0.15, 0.2) is 200 Å². The van der Waals surface area contributed by atoms with E-state index >= 15 is 0 Å². The molecule has 0 aliphatic heterocycles. The van der Waals surface area contributed by atoms with Crippen molar-refractivity contribution in [2.75, 3.05) is 4.90 Å². The summed E-state index contributed by atoms with van der Waals surface area (Å²) in [6.07, 6.45) is 1.96. The van der Waals surface area contributed by atoms with E-state index in [1.165, 1.54) is 122 Å². The van der Waals surface area contributed by atoms with Gasteiger partial charge in [0, 0.05) is 27.9 Å². The van der Waals surface area contributed by atoms with E-state index in [-0.39, 0.29) is 10.8 Å². The minimum Gasteiger partial charge on any atom is -0.310 e. The topological polar surface area (TPSA) is 3.24 Å². The van der Waals surface area contributed by atoms with Gasteiger partial charge < -0.3 is 4.90 Å². The number of aryl methyl sites for hydroxylation is 2. The first-order valence-electron chi connectivity index (χ1n) is 25.5. The Balaban J connectivity index is 1.06. The van der Waals surface area contributed by atoms with E-state index in [1.807, 2.05) is 0 Å². The molecule has 0 radical (unpaired) electrons. The van der Waals surface area contributed by atoms with Gasteiger partial charge in [-0.05, 0) is 171 Å². The largest absolute Gasteiger partial charge is 0.310 e. The van der Waals surface area contributed by atoms with Gasteiger partial charge in [-0.1, -0.05) is 205 Å². The molecule has 4 aliphatic carbocycles. The van der Waals surface area contributed by atoms with Crippen LogP contribution < -0.4 is 4.90 Å². The van der Waals surface area contributed by atoms with Gasteiger partial charge >= 0.3 is 0 Å². The highest BCUT2D eigenvalue weighted by Gasteiger charge is 2.53. The van der Waals surface area contributed by atoms with Crippen molar-refractivity contribution in [3.63, 3.8) is 0 Å². The van der Waals surface area contributed by atoms with Crippen LogP contribution in [0.2, 0.25) is 0 Å². The number of hydrogen-bond donors (Lipinski definition) is 0. The van der Waals surface area contributed by atoms with E-state index in [9.17, 15) is 0 Å². The maximum absolute atomic E-state index is 2.56. The van der Waals surface area contributed by atoms with Crippen molar-refractivity contribution >= 4 is 27.8 Å². The average molecular weight is 898 g/mol. The van der Waals surface area contributed by atoms with Crippen LogP contribution in [0.5, 0.6) is 0 Å². The second kappa shape index (κ2) is 14.6. The molecule has 10 aromatic carbocycles. The van der Waals surface area contributed by atoms with Gasteiger partial charge in [0.2, 0.25) is 0 Å². The molecule has 0 saturated carbocycles. The molecule has 0 N–H and O–H groups in total. The molecule has 4 aliphatic rings. The van der Waals surface area contributed by atoms with Gasteiger partial charge in [0.1, 0.15) is 0 Å². The van der Waals surface area contributed by atoms with Crippen molar-refractivity contribution in [3.05, 3.63) is 256 Å². The Bertz CT molecular complexity index is 3770. The normalized spacial score (nSPS) is 16.5. The van der Waals surface area contributed by atoms with E-state index in [0.29, 0.717) is 0 Å². The van der Waals surface area contributed by atoms with Crippen LogP contribution in [0.25, 0.3) is 66.4 Å². The summed E-state index contributed by atoms with van der Waals surface area (Å²) in [6, 6.07) is 77.4. The molecule has 0 fully saturated rings. The number of rotatable bonds is 6. The zero-order chi connectivity index (χ0) is 47.3. The van der Waals surface area contributed by atoms with Gasteiger partial charge in [-0.3, -0.25) is 0 Å². The summed E-state index contributed by atoms with van der Waals surface area (Å²) in [5, 5.41) is 2.48. The molecule has 1 nitrogen and oxygen atoms in total. The van der Waals surface area contributed by atoms with Crippen molar-refractivity contribution in [2.24, 2.45) is 0 Å². The average Bonchev–Trinajstić information content (AvgIpc) is 4.03. The maximum atomic E-state index is 2.56. The third kappa shape index (κ3) is 5.33. The van der Waals surface area contributed by atoms with Gasteiger partial charge in [0.05, 0.1) is 5.41 Å². The number of fused-ring (bicyclic) bond motifs is 17. The number of nitrogens with zero attached hydrogens (tertiary/aromatic N) is 1. The zero-order valence-corrected chi connectivity index (χ0v) is 40.9. The molecule has 10 aromatic rings. The molecular formula is C69H55N. The molecule has 1 unspecified atom stereocenters. The van der Waals surface area contributed by atoms with Crippen LogP contribution >= 0.6 is 0 Å². The molecule has 0 amide bonds. The van der Waals surface area contributed by atoms with E-state index in [4.69, 9.17) is 0 Å². The molecule has 14 rings (SSSR count). The fourth-order valence-electron chi connectivity index (χ4n) is 13.9. The van der Waals surface area contributed by atoms with Gasteiger partial charge in [-0.2, -0.15) is 0 Å². The molecule has 1 spiro atoms. The Kier molecular flexibility index (Phi) is 8.63. The fraction of sp³-hybridized carbons (Fsp3) is 0.159. The second-order valence-electron chi connectivity index (χ2n) is 21.3. The second-order valence-corrected chi connectivity index (χ2v) is 21.3. The van der Waals surface area contributed by atoms with Gasteiger partial charge in [-0.25, -0.2) is 0 Å². The molecule has 70 heavy (non-hydrogen) atoms. The highest BCUT2D eigenvalue weighted by atomic mass is 15.1. The smallest absolute Gasteiger partial charge is 0.0731 e. The molecule has 1 heteroatoms. The van der Waals surface area contributed by atoms with Crippen molar-refractivity contribution in [3.8, 4) is 55.6 Å². The Morgan fingerprint density at radius 2 is 0.857 bits per heavy atom. The van der Waals surface area contributed by atoms with Gasteiger partial charge in [0.15, 0.2) is 0 Å². The first-order chi connectivity index (χ1) is 34.1. The predicted octanol–water partition coefficient (Wildman–Crippen LogP) is 18.1. The number of anilines is 3. The third-order valence-electron chi connectivity index (χ3n) is 17.2. The SMILES string of the molecule is CCc1ccc2c(c1)C1(c3ccccc3-c3c(CC)cccc31)c1c-2cccc1-c1cc(N(c2ccc3c(c2)C(C)(C)c2ccccc2-3)c2ccc3c(c2)C(C)(C)c2ccccc2-3)cc2ccccc12. The Hall–Kier alpha value is -7.74. The minimum absolute atomic E-state index is 0.152. The van der Waals surface area contributed by atoms with Crippen LogP contribution in [-0.2, 0) is 29.1 Å². The van der Waals surface area contributed by atoms with Crippen LogP contribution in [0.1, 0.15) is 97.2 Å². The highest BCUT2D eigenvalue weighted by molar-refractivity contribution is 6.06. The summed E-state index contributed by atoms with van der Waals surface area (Å²) in [5.74, 6) is 0. The summed E-state index contributed by atoms with van der Waals surface area (Å²) >= 11 is 0. The maximum Gasteiger partial charge on any atom is 0.0731 e. The first-order valence-corrected chi connectivity index (χ1v) is 25.5. The van der Waals surface area contributed by atoms with Gasteiger partial charge in [0.25, 0.3) is 0 Å². The standard InChI is InChI=1S/C69H55N/c1-7-42-31-34-53-54-25-18-26-55(66(54)69(64(53)37-42)60-29-16-13-24-56(60)65-43(8-2)20-17-30-61(65)69)57-39-47(38-44-19-9-10-21-48(44)57)70(45-32-35-51-49-22-11-14-27-58(49)67(3,4)62(51)40-45)46-33-36-52-50-23-12-15-28-59(50)68(5,6)63(52)41-46/h9-41H,7-8H2,1-6H3. The summed E-state index contributed by atoms with van der Waals surface area (Å²) in [4.78, 5) is 2.56. The van der Waals surface area contributed by atoms with E-state index in [1.54, 1.807) is 0 Å². The molecule has 336 valence electrons. The molecule has 0 saturated heterocycles. The summed E-state index contributed by atoms with van der Waals surface area (Å²) < 4.78 is 0. The monoisotopic (exact) mass is 897 g/mol. The lowest BCUT2D eigenvalue weighted by atomic mass is 9.68. The lowest BCUT2D eigenvalue weighted by molar-refractivity contribution is 0.660. The van der Waals surface area contributed by atoms with E-state index in [2.05, 4.69) is 247 Å². The summed E-state index contributed by atoms with van der Waals surface area (Å²) in [7, 11) is 0. The molecule has 0 aromatic heterocycles. The lowest BCUT2D eigenvalue weighted by Crippen LogP contribution is -2.27. The molecule has 0 bridgehead atoms. The Morgan fingerprint density at radius 3 is 1.51 bits per heavy atom. The Morgan fingerprint density at radius 1 is 0.343 bits per heavy atom. The summed E-state index contributed by atoms with van der Waals surface area (Å²) in [5.41, 5.74) is 29.8. The third-order valence-corrected chi connectivity index (χ3v) is 17.2. The van der Waals surface area contributed by atoms with Crippen LogP contribution in [-0.4, -0.2) is 0 Å². The highest BCUT2D eigenvalue weighted by Crippen LogP contribution is 2.66. The predicted molar refractivity (Wildman–Crippen MR) is 294 cm³/mol. The van der Waals surface area contributed by atoms with Crippen molar-refractivity contribution in [2.45, 2.75) is 70.6 Å². The van der Waals surface area contributed by atoms with Crippen molar-refractivity contribution < 1.29 is 0 Å². The first kappa shape index (κ1) is 41.3. The number of hydrogen-bond acceptors (Lipinski definition) is 1. The van der Waals surface area contributed by atoms with E-state index in [0.717, 1.165) is 29.9 Å². The molecular weight excluding hydrogens is 843 g/mol. The Labute approximate surface area is 412 Å². The van der Waals surface area contributed by atoms with Crippen LogP contribution in [0.4, 0.5) is 17.1 Å². The minimum atomic E-state index is -0.499. The summed E-state index contributed by atoms with van der Waals surface area (Å²) in [6.45, 7) is 14.2. The van der Waals surface area contributed by atoms with Crippen molar-refractivity contribution in [1.29, 1.82) is 0 Å². The molecule has 0 heterocycles. The quantitative estimate of drug-likeness (QED) is 0.161. The fourth-order valence-corrected chi connectivity index (χ4v) is 13.9.